The summed E-state index contributed by atoms with van der Waals surface area (Å²) in [5.74, 6) is 0.903. The molecule has 0 saturated heterocycles. The van der Waals surface area contributed by atoms with Gasteiger partial charge in [-0.05, 0) is 28.8 Å². The van der Waals surface area contributed by atoms with E-state index >= 15 is 0 Å². The zero-order valence-electron chi connectivity index (χ0n) is 11.8. The summed E-state index contributed by atoms with van der Waals surface area (Å²) >= 11 is 3.51. The smallest absolute Gasteiger partial charge is 0.164 e. The van der Waals surface area contributed by atoms with Crippen LogP contribution in [0.5, 0.6) is 0 Å². The molecule has 1 fully saturated rings. The van der Waals surface area contributed by atoms with Gasteiger partial charge >= 0.3 is 0 Å². The summed E-state index contributed by atoms with van der Waals surface area (Å²) in [7, 11) is 1.90. The molecular formula is C14H20BrN5. The monoisotopic (exact) mass is 337 g/mol. The number of halogens is 1. The van der Waals surface area contributed by atoms with Gasteiger partial charge in [0.1, 0.15) is 16.7 Å². The molecule has 5 nitrogen and oxygen atoms in total. The Morgan fingerprint density at radius 2 is 1.85 bits per heavy atom. The number of hydrogen-bond donors (Lipinski definition) is 1. The van der Waals surface area contributed by atoms with Gasteiger partial charge in [-0.2, -0.15) is 5.10 Å². The first-order valence-electron chi connectivity index (χ1n) is 7.35. The van der Waals surface area contributed by atoms with Crippen molar-refractivity contribution in [2.45, 2.75) is 51.0 Å². The van der Waals surface area contributed by atoms with Gasteiger partial charge in [0.25, 0.3) is 0 Å². The molecule has 0 amide bonds. The molecule has 1 saturated carbocycles. The van der Waals surface area contributed by atoms with Crippen molar-refractivity contribution in [3.8, 4) is 0 Å². The van der Waals surface area contributed by atoms with Crippen molar-refractivity contribution in [3.63, 3.8) is 0 Å². The van der Waals surface area contributed by atoms with Crippen LogP contribution < -0.4 is 5.32 Å². The maximum absolute atomic E-state index is 4.42. The van der Waals surface area contributed by atoms with Gasteiger partial charge in [0, 0.05) is 13.1 Å². The lowest BCUT2D eigenvalue weighted by Gasteiger charge is -2.21. The molecule has 0 atom stereocenters. The Labute approximate surface area is 127 Å². The van der Waals surface area contributed by atoms with Gasteiger partial charge in [0.15, 0.2) is 5.65 Å². The molecule has 3 rings (SSSR count). The van der Waals surface area contributed by atoms with Crippen molar-refractivity contribution in [1.29, 1.82) is 0 Å². The number of nitrogens with one attached hydrogen (secondary N) is 1. The van der Waals surface area contributed by atoms with E-state index in [1.54, 1.807) is 11.0 Å². The fourth-order valence-electron chi connectivity index (χ4n) is 2.94. The van der Waals surface area contributed by atoms with Crippen molar-refractivity contribution in [3.05, 3.63) is 10.9 Å². The second-order valence-electron chi connectivity index (χ2n) is 5.52. The molecule has 0 aromatic carbocycles. The highest BCUT2D eigenvalue weighted by Crippen LogP contribution is 2.28. The Hall–Kier alpha value is -1.17. The lowest BCUT2D eigenvalue weighted by Crippen LogP contribution is -2.21. The first-order chi connectivity index (χ1) is 9.75. The molecular weight excluding hydrogens is 318 g/mol. The van der Waals surface area contributed by atoms with Gasteiger partial charge in [-0.1, -0.05) is 32.1 Å². The molecule has 2 heterocycles. The van der Waals surface area contributed by atoms with Crippen LogP contribution in [0.3, 0.4) is 0 Å². The number of nitrogens with zero attached hydrogens (tertiary/aromatic N) is 4. The number of anilines is 1. The van der Waals surface area contributed by atoms with E-state index in [4.69, 9.17) is 0 Å². The third-order valence-corrected chi connectivity index (χ3v) is 4.58. The maximum atomic E-state index is 4.42. The minimum Gasteiger partial charge on any atom is -0.367 e. The average Bonchev–Trinajstić information content (AvgIpc) is 2.69. The van der Waals surface area contributed by atoms with E-state index in [1.165, 1.54) is 44.9 Å². The first-order valence-corrected chi connectivity index (χ1v) is 8.15. The molecule has 0 aliphatic heterocycles. The van der Waals surface area contributed by atoms with Gasteiger partial charge in [0.2, 0.25) is 0 Å². The van der Waals surface area contributed by atoms with E-state index in [9.17, 15) is 0 Å². The van der Waals surface area contributed by atoms with Crippen LogP contribution in [-0.4, -0.2) is 25.8 Å². The summed E-state index contributed by atoms with van der Waals surface area (Å²) in [4.78, 5) is 8.73. The molecule has 2 aromatic rings. The first kappa shape index (κ1) is 13.8. The molecule has 1 N–H and O–H groups in total. The van der Waals surface area contributed by atoms with E-state index in [-0.39, 0.29) is 0 Å². The third-order valence-electron chi connectivity index (χ3n) is 4.02. The van der Waals surface area contributed by atoms with Crippen LogP contribution in [0.4, 0.5) is 5.82 Å². The van der Waals surface area contributed by atoms with E-state index < -0.39 is 0 Å². The standard InChI is InChI=1S/C14H20BrN5/c1-20-14-11(12(15)19-20)13(16-9-17-14)18-10-7-5-3-2-4-6-8-10/h9-10H,2-8H2,1H3,(H,16,17,18). The summed E-state index contributed by atoms with van der Waals surface area (Å²) in [6.07, 6.45) is 10.8. The summed E-state index contributed by atoms with van der Waals surface area (Å²) < 4.78 is 2.59. The van der Waals surface area contributed by atoms with Crippen LogP contribution in [0, 0.1) is 0 Å². The lowest BCUT2D eigenvalue weighted by molar-refractivity contribution is 0.471. The quantitative estimate of drug-likeness (QED) is 0.908. The van der Waals surface area contributed by atoms with Gasteiger partial charge in [-0.25, -0.2) is 14.6 Å². The largest absolute Gasteiger partial charge is 0.367 e. The van der Waals surface area contributed by atoms with Crippen LogP contribution in [0.2, 0.25) is 0 Å². The molecule has 1 aliphatic carbocycles. The summed E-state index contributed by atoms with van der Waals surface area (Å²) in [5.41, 5.74) is 0.861. The van der Waals surface area contributed by atoms with Crippen molar-refractivity contribution in [2.24, 2.45) is 7.05 Å². The van der Waals surface area contributed by atoms with E-state index in [2.05, 4.69) is 36.3 Å². The number of hydrogen-bond acceptors (Lipinski definition) is 4. The number of aryl methyl sites for hydroxylation is 1. The van der Waals surface area contributed by atoms with Crippen molar-refractivity contribution < 1.29 is 0 Å². The minimum absolute atomic E-state index is 0.514. The second kappa shape index (κ2) is 6.08. The summed E-state index contributed by atoms with van der Waals surface area (Å²) in [5, 5.41) is 8.96. The van der Waals surface area contributed by atoms with Crippen molar-refractivity contribution in [2.75, 3.05) is 5.32 Å². The molecule has 0 bridgehead atoms. The van der Waals surface area contributed by atoms with Gasteiger partial charge < -0.3 is 5.32 Å². The lowest BCUT2D eigenvalue weighted by atomic mass is 9.97. The molecule has 20 heavy (non-hydrogen) atoms. The highest BCUT2D eigenvalue weighted by molar-refractivity contribution is 9.10. The molecule has 0 spiro atoms. The predicted octanol–water partition coefficient (Wildman–Crippen LogP) is 3.65. The highest BCUT2D eigenvalue weighted by Gasteiger charge is 2.17. The maximum Gasteiger partial charge on any atom is 0.164 e. The molecule has 1 aliphatic rings. The number of fused-ring (bicyclic) bond motifs is 1. The Balaban J connectivity index is 1.86. The van der Waals surface area contributed by atoms with Crippen LogP contribution in [-0.2, 0) is 7.05 Å². The topological polar surface area (TPSA) is 55.6 Å². The van der Waals surface area contributed by atoms with Crippen LogP contribution in [0.15, 0.2) is 10.9 Å². The zero-order chi connectivity index (χ0) is 13.9. The van der Waals surface area contributed by atoms with Crippen LogP contribution >= 0.6 is 15.9 Å². The van der Waals surface area contributed by atoms with Crippen LogP contribution in [0.1, 0.15) is 44.9 Å². The fraction of sp³-hybridized carbons (Fsp3) is 0.643. The zero-order valence-corrected chi connectivity index (χ0v) is 13.4. The normalized spacial score (nSPS) is 17.9. The van der Waals surface area contributed by atoms with E-state index in [0.717, 1.165) is 21.5 Å². The van der Waals surface area contributed by atoms with E-state index in [1.807, 2.05) is 7.05 Å². The summed E-state index contributed by atoms with van der Waals surface area (Å²) in [6, 6.07) is 0.514. The van der Waals surface area contributed by atoms with Gasteiger partial charge in [-0.3, -0.25) is 0 Å². The van der Waals surface area contributed by atoms with Gasteiger partial charge in [-0.15, -0.1) is 0 Å². The SMILES string of the molecule is Cn1nc(Br)c2c(NC3CCCCCCC3)ncnc21. The number of aromatic nitrogens is 4. The third kappa shape index (κ3) is 2.80. The molecule has 108 valence electrons. The van der Waals surface area contributed by atoms with Crippen molar-refractivity contribution >= 4 is 32.8 Å². The second-order valence-corrected chi connectivity index (χ2v) is 6.27. The Morgan fingerprint density at radius 1 is 1.15 bits per heavy atom. The average molecular weight is 338 g/mol. The number of rotatable bonds is 2. The predicted molar refractivity (Wildman–Crippen MR) is 83.7 cm³/mol. The van der Waals surface area contributed by atoms with Crippen LogP contribution in [0.25, 0.3) is 11.0 Å². The Morgan fingerprint density at radius 3 is 2.60 bits per heavy atom. The fourth-order valence-corrected chi connectivity index (χ4v) is 3.55. The molecule has 0 radical (unpaired) electrons. The Bertz CT molecular complexity index is 587. The van der Waals surface area contributed by atoms with E-state index in [0.29, 0.717) is 6.04 Å². The highest BCUT2D eigenvalue weighted by atomic mass is 79.9. The van der Waals surface area contributed by atoms with Crippen molar-refractivity contribution in [1.82, 2.24) is 19.7 Å². The minimum atomic E-state index is 0.514. The van der Waals surface area contributed by atoms with Gasteiger partial charge in [0.05, 0.1) is 5.39 Å². The molecule has 0 unspecified atom stereocenters. The molecule has 2 aromatic heterocycles. The summed E-state index contributed by atoms with van der Waals surface area (Å²) in [6.45, 7) is 0. The Kier molecular flexibility index (Phi) is 4.19. The molecule has 6 heteroatoms.